The van der Waals surface area contributed by atoms with E-state index in [0.29, 0.717) is 60.9 Å². The molecule has 4 heterocycles. The Morgan fingerprint density at radius 2 is 2.00 bits per heavy atom. The maximum atomic E-state index is 14.8. The van der Waals surface area contributed by atoms with Crippen molar-refractivity contribution in [2.24, 2.45) is 0 Å². The maximum absolute atomic E-state index is 14.8. The number of nitrogens with one attached hydrogen (secondary N) is 3. The summed E-state index contributed by atoms with van der Waals surface area (Å²) >= 11 is 0. The van der Waals surface area contributed by atoms with Crippen LogP contribution in [0.2, 0.25) is 0 Å². The molecule has 2 fully saturated rings. The van der Waals surface area contributed by atoms with Gasteiger partial charge in [-0.05, 0) is 55.7 Å². The third-order valence-electron chi connectivity index (χ3n) is 7.95. The second-order valence-corrected chi connectivity index (χ2v) is 10.8. The molecule has 2 saturated heterocycles. The van der Waals surface area contributed by atoms with E-state index in [1.165, 1.54) is 31.6 Å². The average Bonchev–Trinajstić information content (AvgIpc) is 3.75. The van der Waals surface area contributed by atoms with Gasteiger partial charge >= 0.3 is 0 Å². The van der Waals surface area contributed by atoms with Gasteiger partial charge in [-0.1, -0.05) is 0 Å². The molecule has 2 aromatic carbocycles. The Bertz CT molecular complexity index is 1710. The second-order valence-electron chi connectivity index (χ2n) is 10.8. The average molecular weight is 592 g/mol. The highest BCUT2D eigenvalue weighted by Gasteiger charge is 2.35. The first kappa shape index (κ1) is 28.5. The first-order valence-corrected chi connectivity index (χ1v) is 14.0. The number of hydrogen-bond donors (Lipinski definition) is 4. The summed E-state index contributed by atoms with van der Waals surface area (Å²) in [5.74, 6) is -2.20. The first-order chi connectivity index (χ1) is 20.7. The highest BCUT2D eigenvalue weighted by atomic mass is 19.2. The Morgan fingerprint density at radius 3 is 2.74 bits per heavy atom. The maximum Gasteiger partial charge on any atom is 0.251 e. The number of carbonyl (C=O) groups is 2. The fourth-order valence-electron chi connectivity index (χ4n) is 5.69. The van der Waals surface area contributed by atoms with E-state index >= 15 is 0 Å². The highest BCUT2D eigenvalue weighted by molar-refractivity contribution is 5.96. The number of aryl methyl sites for hydroxylation is 1. The van der Waals surface area contributed by atoms with Crippen LogP contribution in [0.3, 0.4) is 0 Å². The summed E-state index contributed by atoms with van der Waals surface area (Å²) in [6.07, 6.45) is 5.11. The van der Waals surface area contributed by atoms with Crippen LogP contribution in [0, 0.1) is 18.6 Å². The number of aromatic nitrogens is 3. The molecule has 0 aliphatic carbocycles. The number of rotatable bonds is 7. The van der Waals surface area contributed by atoms with Crippen LogP contribution in [0.5, 0.6) is 5.75 Å². The zero-order chi connectivity index (χ0) is 30.2. The summed E-state index contributed by atoms with van der Waals surface area (Å²) in [4.78, 5) is 36.3. The zero-order valence-corrected chi connectivity index (χ0v) is 23.6. The molecule has 3 atom stereocenters. The Hall–Kier alpha value is -4.62. The number of methoxy groups -OCH3 is 1. The summed E-state index contributed by atoms with van der Waals surface area (Å²) in [5.41, 5.74) is 2.65. The van der Waals surface area contributed by atoms with Gasteiger partial charge in [0.2, 0.25) is 11.7 Å². The normalized spacial score (nSPS) is 20.0. The molecule has 2 amide bonds. The number of nitrogens with zero attached hydrogens (tertiary/aromatic N) is 4. The number of hydrogen-bond acceptors (Lipinski definition) is 8. The largest absolute Gasteiger partial charge is 0.494 e. The van der Waals surface area contributed by atoms with Crippen LogP contribution in [-0.2, 0) is 4.79 Å². The quantitative estimate of drug-likeness (QED) is 0.258. The molecule has 0 saturated carbocycles. The summed E-state index contributed by atoms with van der Waals surface area (Å²) in [7, 11) is 1.27. The smallest absolute Gasteiger partial charge is 0.251 e. The van der Waals surface area contributed by atoms with E-state index in [4.69, 9.17) is 4.74 Å². The van der Waals surface area contributed by atoms with Gasteiger partial charge in [0.05, 0.1) is 31.1 Å². The van der Waals surface area contributed by atoms with Crippen LogP contribution in [-0.4, -0.2) is 81.1 Å². The summed E-state index contributed by atoms with van der Waals surface area (Å²) < 4.78 is 35.6. The van der Waals surface area contributed by atoms with Gasteiger partial charge in [-0.2, -0.15) is 4.39 Å². The summed E-state index contributed by atoms with van der Waals surface area (Å²) in [6.45, 7) is 3.21. The molecule has 43 heavy (non-hydrogen) atoms. The van der Waals surface area contributed by atoms with Crippen LogP contribution >= 0.6 is 0 Å². The molecule has 4 aromatic rings. The number of imidazole rings is 1. The van der Waals surface area contributed by atoms with Crippen molar-refractivity contribution in [3.63, 3.8) is 0 Å². The molecule has 11 nitrogen and oxygen atoms in total. The number of benzene rings is 2. The molecule has 0 unspecified atom stereocenters. The van der Waals surface area contributed by atoms with E-state index in [0.717, 1.165) is 5.56 Å². The lowest BCUT2D eigenvalue weighted by Crippen LogP contribution is -2.44. The zero-order valence-electron chi connectivity index (χ0n) is 23.6. The van der Waals surface area contributed by atoms with Crippen molar-refractivity contribution in [2.45, 2.75) is 38.0 Å². The number of fused-ring (bicyclic) bond motifs is 1. The van der Waals surface area contributed by atoms with E-state index in [2.05, 4.69) is 25.9 Å². The molecule has 4 N–H and O–H groups in total. The van der Waals surface area contributed by atoms with Crippen molar-refractivity contribution in [2.75, 3.05) is 32.1 Å². The minimum absolute atomic E-state index is 0.0258. The van der Waals surface area contributed by atoms with Crippen LogP contribution in [0.1, 0.15) is 28.8 Å². The van der Waals surface area contributed by atoms with Gasteiger partial charge in [0.15, 0.2) is 23.0 Å². The number of likely N-dealkylation sites (tertiary alicyclic amines) is 1. The lowest BCUT2D eigenvalue weighted by Gasteiger charge is -2.21. The van der Waals surface area contributed by atoms with Gasteiger partial charge in [0.25, 0.3) is 5.91 Å². The standard InChI is InChI=1S/C30H31F2N7O4/c1-16-11-17(3-4-20(16)29(41)37-18-7-9-38(15-18)30(42)22-12-19(40)13-34-22)36-27-28-35-14-23(39(28)10-8-33-27)21-5-6-24(43-2)26(32)25(21)31/h3-6,8,10-11,14,18-19,22,34,40H,7,9,12-13,15H2,1-2H3,(H,33,36)(H,37,41)/t18-,19-,22+/m1/s1. The van der Waals surface area contributed by atoms with Crippen molar-refractivity contribution >= 4 is 29.0 Å². The predicted octanol–water partition coefficient (Wildman–Crippen LogP) is 2.79. The van der Waals surface area contributed by atoms with Gasteiger partial charge in [-0.3, -0.25) is 14.0 Å². The Labute approximate surface area is 245 Å². The molecule has 2 aliphatic rings. The van der Waals surface area contributed by atoms with Crippen LogP contribution in [0.4, 0.5) is 20.3 Å². The number of ether oxygens (including phenoxy) is 1. The number of carbonyl (C=O) groups excluding carboxylic acids is 2. The van der Waals surface area contributed by atoms with Crippen LogP contribution in [0.25, 0.3) is 16.9 Å². The van der Waals surface area contributed by atoms with E-state index in [1.807, 2.05) is 13.0 Å². The number of aliphatic hydroxyl groups is 1. The van der Waals surface area contributed by atoms with Gasteiger partial charge < -0.3 is 30.7 Å². The van der Waals surface area contributed by atoms with Crippen LogP contribution < -0.4 is 20.7 Å². The summed E-state index contributed by atoms with van der Waals surface area (Å²) in [6, 6.07) is 7.51. The van der Waals surface area contributed by atoms with Gasteiger partial charge in [-0.25, -0.2) is 14.4 Å². The molecule has 2 aliphatic heterocycles. The fraction of sp³-hybridized carbons (Fsp3) is 0.333. The minimum atomic E-state index is -1.08. The van der Waals surface area contributed by atoms with E-state index < -0.39 is 17.7 Å². The minimum Gasteiger partial charge on any atom is -0.494 e. The second kappa shape index (κ2) is 11.6. The third-order valence-corrected chi connectivity index (χ3v) is 7.95. The predicted molar refractivity (Wildman–Crippen MR) is 154 cm³/mol. The molecule has 0 spiro atoms. The molecular formula is C30H31F2N7O4. The lowest BCUT2D eigenvalue weighted by molar-refractivity contribution is -0.132. The topological polar surface area (TPSA) is 133 Å². The Kier molecular flexibility index (Phi) is 7.67. The Balaban J connectivity index is 1.14. The molecule has 13 heteroatoms. The lowest BCUT2D eigenvalue weighted by atomic mass is 10.1. The molecular weight excluding hydrogens is 560 g/mol. The first-order valence-electron chi connectivity index (χ1n) is 14.0. The molecule has 6 rings (SSSR count). The van der Waals surface area contributed by atoms with Gasteiger partial charge in [0.1, 0.15) is 0 Å². The van der Waals surface area contributed by atoms with Crippen molar-refractivity contribution in [3.8, 4) is 17.0 Å². The summed E-state index contributed by atoms with van der Waals surface area (Å²) in [5, 5.41) is 19.0. The van der Waals surface area contributed by atoms with Crippen molar-refractivity contribution < 1.29 is 28.2 Å². The van der Waals surface area contributed by atoms with Crippen molar-refractivity contribution in [1.29, 1.82) is 0 Å². The molecule has 0 radical (unpaired) electrons. The molecule has 2 aromatic heterocycles. The number of amides is 2. The van der Waals surface area contributed by atoms with E-state index in [-0.39, 0.29) is 35.2 Å². The number of β-amino-alcohol motifs (C(OH)–C–C–N with tert-alkyl or cyclic N) is 1. The number of aliphatic hydroxyl groups excluding tert-OH is 1. The third kappa shape index (κ3) is 5.48. The van der Waals surface area contributed by atoms with Crippen molar-refractivity contribution in [3.05, 3.63) is 71.7 Å². The molecule has 224 valence electrons. The fourth-order valence-corrected chi connectivity index (χ4v) is 5.69. The highest BCUT2D eigenvalue weighted by Crippen LogP contribution is 2.31. The molecule has 0 bridgehead atoms. The SMILES string of the molecule is COc1ccc(-c2cnc3c(Nc4ccc(C(=O)N[C@@H]5CCN(C(=O)[C@@H]6C[C@@H](O)CN6)C5)c(C)c4)nccn23)c(F)c1F. The monoisotopic (exact) mass is 591 g/mol. The number of anilines is 2. The van der Waals surface area contributed by atoms with Gasteiger partial charge in [0, 0.05) is 54.9 Å². The van der Waals surface area contributed by atoms with E-state index in [9.17, 15) is 23.5 Å². The van der Waals surface area contributed by atoms with E-state index in [1.54, 1.807) is 27.6 Å². The number of halogens is 2. The Morgan fingerprint density at radius 1 is 1.16 bits per heavy atom. The van der Waals surface area contributed by atoms with Gasteiger partial charge in [-0.15, -0.1) is 0 Å². The van der Waals surface area contributed by atoms with Crippen LogP contribution in [0.15, 0.2) is 48.9 Å². The van der Waals surface area contributed by atoms with Crippen molar-refractivity contribution in [1.82, 2.24) is 29.9 Å².